The summed E-state index contributed by atoms with van der Waals surface area (Å²) < 4.78 is 11.1. The van der Waals surface area contributed by atoms with Crippen LogP contribution >= 0.6 is 0 Å². The van der Waals surface area contributed by atoms with Gasteiger partial charge in [-0.1, -0.05) is 30.3 Å². The van der Waals surface area contributed by atoms with Gasteiger partial charge in [0.05, 0.1) is 13.0 Å². The van der Waals surface area contributed by atoms with Crippen LogP contribution in [0.4, 0.5) is 0 Å². The normalized spacial score (nSPS) is 16.5. The van der Waals surface area contributed by atoms with Gasteiger partial charge in [0.2, 0.25) is 0 Å². The molecule has 0 unspecified atom stereocenters. The van der Waals surface area contributed by atoms with Crippen molar-refractivity contribution >= 4 is 5.97 Å². The van der Waals surface area contributed by atoms with Crippen LogP contribution in [0.3, 0.4) is 0 Å². The molecule has 0 atom stereocenters. The fraction of sp³-hybridized carbons (Fsp3) is 0.611. The van der Waals surface area contributed by atoms with E-state index in [9.17, 15) is 4.79 Å². The van der Waals surface area contributed by atoms with Crippen molar-refractivity contribution in [3.05, 3.63) is 35.9 Å². The van der Waals surface area contributed by atoms with Crippen LogP contribution in [0.25, 0.3) is 0 Å². The van der Waals surface area contributed by atoms with E-state index >= 15 is 0 Å². The predicted octanol–water partition coefficient (Wildman–Crippen LogP) is 4.11. The molecule has 3 nitrogen and oxygen atoms in total. The first-order valence-electron chi connectivity index (χ1n) is 7.72. The monoisotopic (exact) mass is 290 g/mol. The first-order valence-corrected chi connectivity index (χ1v) is 7.72. The maximum atomic E-state index is 11.9. The third kappa shape index (κ3) is 5.88. The molecule has 0 bridgehead atoms. The topological polar surface area (TPSA) is 35.5 Å². The van der Waals surface area contributed by atoms with Gasteiger partial charge in [-0.2, -0.15) is 0 Å². The van der Waals surface area contributed by atoms with Crippen LogP contribution in [0.5, 0.6) is 0 Å². The molecule has 1 aliphatic carbocycles. The van der Waals surface area contributed by atoms with Crippen molar-refractivity contribution in [3.8, 4) is 0 Å². The highest BCUT2D eigenvalue weighted by molar-refractivity contribution is 5.71. The Morgan fingerprint density at radius 3 is 2.43 bits per heavy atom. The number of carbonyl (C=O) groups excluding carboxylic acids is 1. The molecule has 0 saturated heterocycles. The molecule has 0 heterocycles. The number of benzene rings is 1. The fourth-order valence-electron chi connectivity index (χ4n) is 2.43. The maximum absolute atomic E-state index is 11.9. The third-order valence-electron chi connectivity index (χ3n) is 3.78. The van der Waals surface area contributed by atoms with Crippen LogP contribution in [0.2, 0.25) is 0 Å². The summed E-state index contributed by atoms with van der Waals surface area (Å²) in [6.07, 6.45) is 3.69. The molecule has 116 valence electrons. The van der Waals surface area contributed by atoms with Crippen molar-refractivity contribution in [2.45, 2.75) is 58.7 Å². The summed E-state index contributed by atoms with van der Waals surface area (Å²) in [5, 5.41) is 0. The average Bonchev–Trinajstić information content (AvgIpc) is 3.13. The van der Waals surface area contributed by atoms with Crippen molar-refractivity contribution in [1.82, 2.24) is 0 Å². The summed E-state index contributed by atoms with van der Waals surface area (Å²) in [5.41, 5.74) is 0.935. The molecule has 0 amide bonds. The number of rotatable bonds is 7. The van der Waals surface area contributed by atoms with Crippen molar-refractivity contribution in [2.75, 3.05) is 6.61 Å². The number of hydrogen-bond acceptors (Lipinski definition) is 3. The minimum absolute atomic E-state index is 0.0805. The summed E-state index contributed by atoms with van der Waals surface area (Å²) in [6, 6.07) is 10.2. The highest BCUT2D eigenvalue weighted by atomic mass is 16.6. The van der Waals surface area contributed by atoms with Gasteiger partial charge in [-0.05, 0) is 51.0 Å². The van der Waals surface area contributed by atoms with Crippen molar-refractivity contribution in [1.29, 1.82) is 0 Å². The molecule has 0 aromatic heterocycles. The summed E-state index contributed by atoms with van der Waals surface area (Å²) >= 11 is 0. The Bertz CT molecular complexity index is 455. The Hall–Kier alpha value is -1.35. The minimum Gasteiger partial charge on any atom is -0.460 e. The SMILES string of the molecule is CC(C)(C)OC(=O)CC1(CCOCc2ccccc2)CC1. The molecule has 1 aromatic rings. The molecule has 0 radical (unpaired) electrons. The zero-order valence-corrected chi connectivity index (χ0v) is 13.4. The maximum Gasteiger partial charge on any atom is 0.306 e. The van der Waals surface area contributed by atoms with Gasteiger partial charge >= 0.3 is 5.97 Å². The van der Waals surface area contributed by atoms with Crippen LogP contribution in [0.15, 0.2) is 30.3 Å². The fourth-order valence-corrected chi connectivity index (χ4v) is 2.43. The zero-order valence-electron chi connectivity index (χ0n) is 13.4. The van der Waals surface area contributed by atoms with E-state index < -0.39 is 5.60 Å². The van der Waals surface area contributed by atoms with E-state index in [1.807, 2.05) is 39.0 Å². The largest absolute Gasteiger partial charge is 0.460 e. The van der Waals surface area contributed by atoms with E-state index in [-0.39, 0.29) is 11.4 Å². The molecule has 1 fully saturated rings. The van der Waals surface area contributed by atoms with Gasteiger partial charge in [0.25, 0.3) is 0 Å². The number of esters is 1. The predicted molar refractivity (Wildman–Crippen MR) is 82.8 cm³/mol. The van der Waals surface area contributed by atoms with Crippen LogP contribution < -0.4 is 0 Å². The number of carbonyl (C=O) groups is 1. The minimum atomic E-state index is -0.392. The third-order valence-corrected chi connectivity index (χ3v) is 3.78. The second-order valence-electron chi connectivity index (χ2n) is 7.05. The van der Waals surface area contributed by atoms with Crippen LogP contribution in [0.1, 0.15) is 52.0 Å². The summed E-state index contributed by atoms with van der Waals surface area (Å²) in [5.74, 6) is -0.0805. The van der Waals surface area contributed by atoms with E-state index in [0.29, 0.717) is 19.6 Å². The molecule has 1 saturated carbocycles. The van der Waals surface area contributed by atoms with Crippen molar-refractivity contribution in [3.63, 3.8) is 0 Å². The van der Waals surface area contributed by atoms with E-state index in [4.69, 9.17) is 9.47 Å². The summed E-state index contributed by atoms with van der Waals surface area (Å²) in [7, 11) is 0. The standard InChI is InChI=1S/C18H26O3/c1-17(2,3)21-16(19)13-18(9-10-18)11-12-20-14-15-7-5-4-6-8-15/h4-8H,9-14H2,1-3H3. The van der Waals surface area contributed by atoms with Gasteiger partial charge in [0.1, 0.15) is 5.60 Å². The molecule has 3 heteroatoms. The van der Waals surface area contributed by atoms with Crippen LogP contribution in [-0.2, 0) is 20.9 Å². The summed E-state index contributed by atoms with van der Waals surface area (Å²) in [6.45, 7) is 7.08. The van der Waals surface area contributed by atoms with Crippen molar-refractivity contribution < 1.29 is 14.3 Å². The Balaban J connectivity index is 1.67. The van der Waals surface area contributed by atoms with E-state index in [0.717, 1.165) is 19.3 Å². The van der Waals surface area contributed by atoms with E-state index in [1.165, 1.54) is 5.56 Å². The van der Waals surface area contributed by atoms with E-state index in [1.54, 1.807) is 0 Å². The van der Waals surface area contributed by atoms with Gasteiger partial charge < -0.3 is 9.47 Å². The summed E-state index contributed by atoms with van der Waals surface area (Å²) in [4.78, 5) is 11.9. The lowest BCUT2D eigenvalue weighted by molar-refractivity contribution is -0.156. The Morgan fingerprint density at radius 2 is 1.86 bits per heavy atom. The van der Waals surface area contributed by atoms with Gasteiger partial charge in [0, 0.05) is 6.61 Å². The first-order chi connectivity index (χ1) is 9.89. The number of ether oxygens (including phenoxy) is 2. The van der Waals surface area contributed by atoms with Gasteiger partial charge in [-0.3, -0.25) is 4.79 Å². The van der Waals surface area contributed by atoms with Crippen molar-refractivity contribution in [2.24, 2.45) is 5.41 Å². The zero-order chi connectivity index (χ0) is 15.3. The lowest BCUT2D eigenvalue weighted by atomic mass is 9.98. The van der Waals surface area contributed by atoms with Gasteiger partial charge in [0.15, 0.2) is 0 Å². The molecular formula is C18H26O3. The van der Waals surface area contributed by atoms with Gasteiger partial charge in [-0.15, -0.1) is 0 Å². The smallest absolute Gasteiger partial charge is 0.306 e. The molecule has 1 aromatic carbocycles. The Kier molecular flexibility index (Phi) is 5.04. The molecule has 0 N–H and O–H groups in total. The second-order valence-corrected chi connectivity index (χ2v) is 7.05. The van der Waals surface area contributed by atoms with E-state index in [2.05, 4.69) is 12.1 Å². The molecule has 0 aliphatic heterocycles. The molecular weight excluding hydrogens is 264 g/mol. The molecule has 0 spiro atoms. The van der Waals surface area contributed by atoms with Crippen LogP contribution in [0, 0.1) is 5.41 Å². The highest BCUT2D eigenvalue weighted by Crippen LogP contribution is 2.52. The van der Waals surface area contributed by atoms with Gasteiger partial charge in [-0.25, -0.2) is 0 Å². The first kappa shape index (κ1) is 16.0. The quantitative estimate of drug-likeness (QED) is 0.560. The highest BCUT2D eigenvalue weighted by Gasteiger charge is 2.44. The Labute approximate surface area is 127 Å². The molecule has 21 heavy (non-hydrogen) atoms. The molecule has 1 aliphatic rings. The Morgan fingerprint density at radius 1 is 1.19 bits per heavy atom. The molecule has 2 rings (SSSR count). The second kappa shape index (κ2) is 6.61. The average molecular weight is 290 g/mol. The lowest BCUT2D eigenvalue weighted by Gasteiger charge is -2.22. The lowest BCUT2D eigenvalue weighted by Crippen LogP contribution is -2.26. The van der Waals surface area contributed by atoms with Crippen LogP contribution in [-0.4, -0.2) is 18.2 Å². The number of hydrogen-bond donors (Lipinski definition) is 0.